The molecule has 39 heavy (non-hydrogen) atoms. The maximum absolute atomic E-state index is 13.5. The highest BCUT2D eigenvalue weighted by Gasteiger charge is 2.35. The number of para-hydroxylation sites is 1. The van der Waals surface area contributed by atoms with E-state index in [0.717, 1.165) is 41.6 Å². The molecule has 3 heterocycles. The van der Waals surface area contributed by atoms with Gasteiger partial charge in [0, 0.05) is 18.3 Å². The average Bonchev–Trinajstić information content (AvgIpc) is 3.50. The third kappa shape index (κ3) is 5.31. The molecule has 2 aromatic heterocycles. The Kier molecular flexibility index (Phi) is 8.75. The number of urea groups is 1. The van der Waals surface area contributed by atoms with Crippen LogP contribution in [0.1, 0.15) is 34.5 Å². The summed E-state index contributed by atoms with van der Waals surface area (Å²) in [6.07, 6.45) is 4.72. The van der Waals surface area contributed by atoms with Crippen molar-refractivity contribution >= 4 is 77.5 Å². The molecule has 4 aromatic rings. The summed E-state index contributed by atoms with van der Waals surface area (Å²) in [6.45, 7) is 1.95. The lowest BCUT2D eigenvalue weighted by Gasteiger charge is -2.29. The monoisotopic (exact) mass is 581 g/mol. The number of likely N-dealkylation sites (N-methyl/N-ethyl adjacent to an activating group) is 1. The summed E-state index contributed by atoms with van der Waals surface area (Å²) in [4.78, 5) is 34.1. The first kappa shape index (κ1) is 28.8. The summed E-state index contributed by atoms with van der Waals surface area (Å²) in [7, 11) is 1.92. The molecule has 1 saturated carbocycles. The van der Waals surface area contributed by atoms with Gasteiger partial charge in [-0.2, -0.15) is 27.0 Å². The minimum atomic E-state index is -0.318. The highest BCUT2D eigenvalue weighted by molar-refractivity contribution is 7.59. The van der Waals surface area contributed by atoms with Gasteiger partial charge in [-0.15, -0.1) is 11.3 Å². The molecule has 2 aromatic carbocycles. The lowest BCUT2D eigenvalue weighted by molar-refractivity contribution is 0.0937. The van der Waals surface area contributed by atoms with Crippen molar-refractivity contribution in [2.45, 2.75) is 38.3 Å². The molecule has 6 rings (SSSR count). The second kappa shape index (κ2) is 11.9. The standard InChI is InChI=1S/C28H27N5O3S.2H2S/c1-16-15-18(36-17-7-4-3-5-8-17)11-12-21(16)33-22-13-14-30-27-23(22)24(32-28(33)35)25(37-27)26(34)31-20-10-6-9-19(20)29-2;;/h3-5,7-8,11-15,19-20,29H,6,9-10H2,1-2H3,(H,31,34)(H,32,35);2*1H2/t19-,20-;;/m0../s1. The number of amides is 3. The van der Waals surface area contributed by atoms with Crippen LogP contribution in [0, 0.1) is 6.92 Å². The van der Waals surface area contributed by atoms with E-state index < -0.39 is 0 Å². The first-order valence-corrected chi connectivity index (χ1v) is 13.2. The maximum atomic E-state index is 13.5. The van der Waals surface area contributed by atoms with Crippen LogP contribution in [0.4, 0.5) is 21.9 Å². The third-order valence-corrected chi connectivity index (χ3v) is 8.14. The minimum Gasteiger partial charge on any atom is -0.457 e. The molecular weight excluding hydrogens is 551 g/mol. The Morgan fingerprint density at radius 1 is 1.05 bits per heavy atom. The van der Waals surface area contributed by atoms with Crippen LogP contribution >= 0.6 is 38.3 Å². The van der Waals surface area contributed by atoms with Gasteiger partial charge >= 0.3 is 6.03 Å². The first-order valence-electron chi connectivity index (χ1n) is 12.4. The van der Waals surface area contributed by atoms with E-state index in [1.165, 1.54) is 11.3 Å². The highest BCUT2D eigenvalue weighted by Crippen LogP contribution is 2.46. The molecule has 0 radical (unpaired) electrons. The Hall–Kier alpha value is -3.25. The van der Waals surface area contributed by atoms with E-state index in [1.54, 1.807) is 11.1 Å². The molecule has 1 aliphatic carbocycles. The highest BCUT2D eigenvalue weighted by atomic mass is 32.1. The van der Waals surface area contributed by atoms with Crippen LogP contribution in [-0.4, -0.2) is 36.1 Å². The summed E-state index contributed by atoms with van der Waals surface area (Å²) in [5, 5.41) is 10.2. The fraction of sp³-hybridized carbons (Fsp3) is 0.250. The third-order valence-electron chi connectivity index (χ3n) is 7.04. The molecule has 1 fully saturated rings. The molecule has 0 saturated heterocycles. The Morgan fingerprint density at radius 2 is 1.82 bits per heavy atom. The largest absolute Gasteiger partial charge is 0.457 e. The van der Waals surface area contributed by atoms with Crippen LogP contribution in [0.15, 0.2) is 60.8 Å². The number of aryl methyl sites for hydroxylation is 1. The zero-order chi connectivity index (χ0) is 25.5. The predicted molar refractivity (Wildman–Crippen MR) is 167 cm³/mol. The van der Waals surface area contributed by atoms with Gasteiger partial charge < -0.3 is 20.7 Å². The van der Waals surface area contributed by atoms with Crippen LogP contribution in [0.25, 0.3) is 10.2 Å². The van der Waals surface area contributed by atoms with E-state index >= 15 is 0 Å². The summed E-state index contributed by atoms with van der Waals surface area (Å²) >= 11 is 1.31. The van der Waals surface area contributed by atoms with Gasteiger partial charge in [0.15, 0.2) is 0 Å². The van der Waals surface area contributed by atoms with Gasteiger partial charge in [-0.3, -0.25) is 9.69 Å². The normalized spacial score (nSPS) is 17.7. The first-order chi connectivity index (χ1) is 18.0. The van der Waals surface area contributed by atoms with Gasteiger partial charge in [0.25, 0.3) is 5.91 Å². The molecule has 11 heteroatoms. The number of thiophene rings is 1. The maximum Gasteiger partial charge on any atom is 0.331 e. The van der Waals surface area contributed by atoms with Crippen molar-refractivity contribution in [2.75, 3.05) is 17.3 Å². The van der Waals surface area contributed by atoms with Gasteiger partial charge in [0.2, 0.25) is 0 Å². The quantitative estimate of drug-likeness (QED) is 0.253. The number of aromatic nitrogens is 1. The summed E-state index contributed by atoms with van der Waals surface area (Å²) in [5.74, 6) is 1.25. The summed E-state index contributed by atoms with van der Waals surface area (Å²) in [5.41, 5.74) is 2.84. The number of carbonyl (C=O) groups excluding carboxylic acids is 2. The molecule has 8 nitrogen and oxygen atoms in total. The number of hydrogen-bond acceptors (Lipinski definition) is 6. The van der Waals surface area contributed by atoms with Gasteiger partial charge in [-0.1, -0.05) is 18.2 Å². The minimum absolute atomic E-state index is 0. The molecule has 0 unspecified atom stereocenters. The zero-order valence-electron chi connectivity index (χ0n) is 21.6. The Morgan fingerprint density at radius 3 is 2.56 bits per heavy atom. The van der Waals surface area contributed by atoms with Crippen molar-refractivity contribution in [1.29, 1.82) is 0 Å². The Bertz CT molecular complexity index is 1510. The molecule has 1 aliphatic heterocycles. The number of carbonyl (C=O) groups is 2. The van der Waals surface area contributed by atoms with Gasteiger partial charge in [0.05, 0.1) is 22.4 Å². The van der Waals surface area contributed by atoms with E-state index in [0.29, 0.717) is 26.8 Å². The molecule has 3 amide bonds. The smallest absolute Gasteiger partial charge is 0.331 e. The van der Waals surface area contributed by atoms with Crippen molar-refractivity contribution in [1.82, 2.24) is 15.6 Å². The lowest BCUT2D eigenvalue weighted by atomic mass is 10.1. The number of ether oxygens (including phenoxy) is 1. The number of nitrogens with one attached hydrogen (secondary N) is 3. The van der Waals surface area contributed by atoms with Crippen molar-refractivity contribution in [3.8, 4) is 11.5 Å². The second-order valence-corrected chi connectivity index (χ2v) is 10.4. The van der Waals surface area contributed by atoms with Crippen LogP contribution in [0.5, 0.6) is 11.5 Å². The topological polar surface area (TPSA) is 95.6 Å². The van der Waals surface area contributed by atoms with Crippen LogP contribution in [-0.2, 0) is 0 Å². The molecule has 2 aliphatic rings. The van der Waals surface area contributed by atoms with Crippen molar-refractivity contribution < 1.29 is 14.3 Å². The molecule has 0 spiro atoms. The van der Waals surface area contributed by atoms with E-state index in [2.05, 4.69) is 20.9 Å². The van der Waals surface area contributed by atoms with Crippen molar-refractivity contribution in [3.05, 3.63) is 71.2 Å². The molecule has 2 atom stereocenters. The number of nitrogens with zero attached hydrogens (tertiary/aromatic N) is 2. The number of hydrogen-bond donors (Lipinski definition) is 3. The SMILES string of the molecule is CN[C@H]1CCC[C@@H]1NC(=O)c1sc2nccc3c2c1NC(=O)N3c1ccc(Oc2ccccc2)cc1C.S.S. The van der Waals surface area contributed by atoms with Crippen LogP contribution < -0.4 is 25.6 Å². The predicted octanol–water partition coefficient (Wildman–Crippen LogP) is 6.18. The second-order valence-electron chi connectivity index (χ2n) is 9.35. The van der Waals surface area contributed by atoms with Crippen molar-refractivity contribution in [2.24, 2.45) is 0 Å². The van der Waals surface area contributed by atoms with Crippen molar-refractivity contribution in [3.63, 3.8) is 0 Å². The number of pyridine rings is 1. The number of rotatable bonds is 6. The fourth-order valence-electron chi connectivity index (χ4n) is 5.26. The number of anilines is 3. The molecule has 0 bridgehead atoms. The number of benzene rings is 2. The molecular formula is C28H31N5O3S3. The van der Waals surface area contributed by atoms with Crippen LogP contribution in [0.3, 0.4) is 0 Å². The van der Waals surface area contributed by atoms with Gasteiger partial charge in [-0.05, 0) is 75.2 Å². The Balaban J connectivity index is 0.00000176. The Labute approximate surface area is 245 Å². The summed E-state index contributed by atoms with van der Waals surface area (Å²) in [6, 6.07) is 17.0. The fourth-order valence-corrected chi connectivity index (χ4v) is 6.29. The van der Waals surface area contributed by atoms with E-state index in [9.17, 15) is 9.59 Å². The summed E-state index contributed by atoms with van der Waals surface area (Å²) < 4.78 is 5.97. The van der Waals surface area contributed by atoms with E-state index in [4.69, 9.17) is 4.74 Å². The van der Waals surface area contributed by atoms with Crippen LogP contribution in [0.2, 0.25) is 0 Å². The van der Waals surface area contributed by atoms with Gasteiger partial charge in [0.1, 0.15) is 21.2 Å². The van der Waals surface area contributed by atoms with Gasteiger partial charge in [-0.25, -0.2) is 9.78 Å². The van der Waals surface area contributed by atoms with E-state index in [-0.39, 0.29) is 51.0 Å². The molecule has 3 N–H and O–H groups in total. The van der Waals surface area contributed by atoms with E-state index in [1.807, 2.05) is 68.6 Å². The zero-order valence-corrected chi connectivity index (χ0v) is 24.4. The lowest BCUT2D eigenvalue weighted by Crippen LogP contribution is -2.45. The average molecular weight is 582 g/mol. The molecule has 204 valence electrons.